The molecule has 0 atom stereocenters. The first-order valence-corrected chi connectivity index (χ1v) is 9.43. The Balaban J connectivity index is 1.70. The zero-order chi connectivity index (χ0) is 15.6. The molecule has 2 N–H and O–H groups in total. The topological polar surface area (TPSA) is 39.7 Å². The molecule has 1 aromatic carbocycles. The summed E-state index contributed by atoms with van der Waals surface area (Å²) in [6.07, 6.45) is 4.48. The molecule has 2 rings (SSSR count). The first kappa shape index (κ1) is 17.2. The van der Waals surface area contributed by atoms with Crippen LogP contribution in [0.5, 0.6) is 0 Å². The van der Waals surface area contributed by atoms with Crippen LogP contribution in [-0.2, 0) is 6.54 Å². The minimum atomic E-state index is 0.535. The quantitative estimate of drug-likeness (QED) is 0.479. The summed E-state index contributed by atoms with van der Waals surface area (Å²) in [6, 6.07) is 11.3. The normalized spacial score (nSPS) is 17.5. The number of aliphatic imine (C=N–C) groups is 1. The molecule has 0 spiro atoms. The Morgan fingerprint density at radius 1 is 1.27 bits per heavy atom. The molecule has 0 bridgehead atoms. The highest BCUT2D eigenvalue weighted by atomic mass is 32.2. The lowest BCUT2D eigenvalue weighted by molar-refractivity contribution is 0.198. The van der Waals surface area contributed by atoms with Crippen LogP contribution in [0.4, 0.5) is 0 Å². The molecule has 0 aromatic heterocycles. The van der Waals surface area contributed by atoms with E-state index in [2.05, 4.69) is 57.1 Å². The average molecular weight is 321 g/mol. The van der Waals surface area contributed by atoms with E-state index in [-0.39, 0.29) is 0 Å². The molecular weight excluding hydrogens is 292 g/mol. The molecular formula is C17H28N4S. The number of thioether (sulfide) groups is 1. The van der Waals surface area contributed by atoms with Gasteiger partial charge in [-0.3, -0.25) is 9.89 Å². The second-order valence-electron chi connectivity index (χ2n) is 5.67. The molecule has 122 valence electrons. The van der Waals surface area contributed by atoms with E-state index in [4.69, 9.17) is 0 Å². The molecule has 0 saturated carbocycles. The van der Waals surface area contributed by atoms with Crippen LogP contribution >= 0.6 is 11.8 Å². The van der Waals surface area contributed by atoms with Crippen molar-refractivity contribution in [1.29, 1.82) is 0 Å². The van der Waals surface area contributed by atoms with Gasteiger partial charge in [0.15, 0.2) is 5.96 Å². The maximum Gasteiger partial charge on any atom is 0.191 e. The van der Waals surface area contributed by atoms with Crippen molar-refractivity contribution in [2.45, 2.75) is 25.4 Å². The van der Waals surface area contributed by atoms with Gasteiger partial charge in [-0.1, -0.05) is 30.3 Å². The second kappa shape index (κ2) is 9.74. The van der Waals surface area contributed by atoms with Crippen LogP contribution in [0.15, 0.2) is 35.3 Å². The van der Waals surface area contributed by atoms with Crippen LogP contribution in [0.25, 0.3) is 0 Å². The van der Waals surface area contributed by atoms with Crippen molar-refractivity contribution in [2.24, 2.45) is 4.99 Å². The third-order valence-electron chi connectivity index (χ3n) is 4.00. The van der Waals surface area contributed by atoms with E-state index in [0.717, 1.165) is 37.9 Å². The van der Waals surface area contributed by atoms with Gasteiger partial charge >= 0.3 is 0 Å². The van der Waals surface area contributed by atoms with Crippen molar-refractivity contribution >= 4 is 17.7 Å². The second-order valence-corrected chi connectivity index (χ2v) is 6.66. The Labute approximate surface area is 138 Å². The Hall–Kier alpha value is -1.20. The van der Waals surface area contributed by atoms with E-state index < -0.39 is 0 Å². The maximum absolute atomic E-state index is 4.31. The Morgan fingerprint density at radius 2 is 2.00 bits per heavy atom. The number of nitrogens with zero attached hydrogens (tertiary/aromatic N) is 2. The van der Waals surface area contributed by atoms with E-state index in [1.165, 1.54) is 18.4 Å². The van der Waals surface area contributed by atoms with E-state index in [1.54, 1.807) is 0 Å². The Bertz CT molecular complexity index is 441. The van der Waals surface area contributed by atoms with Gasteiger partial charge in [0, 0.05) is 45.0 Å². The van der Waals surface area contributed by atoms with Crippen molar-refractivity contribution < 1.29 is 0 Å². The van der Waals surface area contributed by atoms with E-state index >= 15 is 0 Å². The van der Waals surface area contributed by atoms with Gasteiger partial charge in [0.25, 0.3) is 0 Å². The summed E-state index contributed by atoms with van der Waals surface area (Å²) in [5.41, 5.74) is 1.41. The number of hydrogen-bond donors (Lipinski definition) is 2. The highest BCUT2D eigenvalue weighted by Gasteiger charge is 2.19. The summed E-state index contributed by atoms with van der Waals surface area (Å²) < 4.78 is 0. The van der Waals surface area contributed by atoms with Gasteiger partial charge in [0.2, 0.25) is 0 Å². The first-order valence-electron chi connectivity index (χ1n) is 8.04. The summed E-state index contributed by atoms with van der Waals surface area (Å²) in [5, 5.41) is 6.93. The molecule has 4 nitrogen and oxygen atoms in total. The maximum atomic E-state index is 4.31. The number of nitrogens with one attached hydrogen (secondary N) is 2. The van der Waals surface area contributed by atoms with Crippen LogP contribution in [0.3, 0.4) is 0 Å². The zero-order valence-corrected chi connectivity index (χ0v) is 14.5. The first-order chi connectivity index (χ1) is 10.8. The van der Waals surface area contributed by atoms with Crippen molar-refractivity contribution in [3.8, 4) is 0 Å². The van der Waals surface area contributed by atoms with Gasteiger partial charge in [0.05, 0.1) is 0 Å². The molecule has 5 heteroatoms. The zero-order valence-electron chi connectivity index (χ0n) is 13.7. The third kappa shape index (κ3) is 5.89. The van der Waals surface area contributed by atoms with Gasteiger partial charge in [-0.15, -0.1) is 0 Å². The molecule has 1 heterocycles. The average Bonchev–Trinajstić information content (AvgIpc) is 2.57. The summed E-state index contributed by atoms with van der Waals surface area (Å²) in [6.45, 7) is 4.32. The van der Waals surface area contributed by atoms with Gasteiger partial charge in [0.1, 0.15) is 0 Å². The number of piperidine rings is 1. The molecule has 0 aliphatic carbocycles. The minimum absolute atomic E-state index is 0.535. The standard InChI is InChI=1S/C17H28N4S/c1-18-17(19-10-13-22-2)20-16-8-11-21(12-9-16)14-15-6-4-3-5-7-15/h3-7,16H,8-14H2,1-2H3,(H2,18,19,20). The van der Waals surface area contributed by atoms with Crippen LogP contribution in [0.2, 0.25) is 0 Å². The molecule has 1 fully saturated rings. The Morgan fingerprint density at radius 3 is 2.64 bits per heavy atom. The highest BCUT2D eigenvalue weighted by molar-refractivity contribution is 7.98. The number of hydrogen-bond acceptors (Lipinski definition) is 3. The lowest BCUT2D eigenvalue weighted by Crippen LogP contribution is -2.48. The van der Waals surface area contributed by atoms with Gasteiger partial charge in [-0.25, -0.2) is 0 Å². The highest BCUT2D eigenvalue weighted by Crippen LogP contribution is 2.13. The van der Waals surface area contributed by atoms with Gasteiger partial charge in [-0.2, -0.15) is 11.8 Å². The van der Waals surface area contributed by atoms with E-state index in [1.807, 2.05) is 18.8 Å². The summed E-state index contributed by atoms with van der Waals surface area (Å²) >= 11 is 1.85. The molecule has 0 amide bonds. The number of rotatable bonds is 6. The molecule has 1 aliphatic heterocycles. The summed E-state index contributed by atoms with van der Waals surface area (Å²) in [5.74, 6) is 2.05. The largest absolute Gasteiger partial charge is 0.356 e. The molecule has 22 heavy (non-hydrogen) atoms. The fraction of sp³-hybridized carbons (Fsp3) is 0.588. The van der Waals surface area contributed by atoms with Gasteiger partial charge < -0.3 is 10.6 Å². The van der Waals surface area contributed by atoms with Crippen LogP contribution in [0, 0.1) is 0 Å². The smallest absolute Gasteiger partial charge is 0.191 e. The molecule has 0 unspecified atom stereocenters. The molecule has 1 aliphatic rings. The van der Waals surface area contributed by atoms with E-state index in [9.17, 15) is 0 Å². The SMILES string of the molecule is CN=C(NCCSC)NC1CCN(Cc2ccccc2)CC1. The van der Waals surface area contributed by atoms with Crippen LogP contribution in [0.1, 0.15) is 18.4 Å². The molecule has 0 radical (unpaired) electrons. The fourth-order valence-electron chi connectivity index (χ4n) is 2.74. The lowest BCUT2D eigenvalue weighted by atomic mass is 10.0. The monoisotopic (exact) mass is 320 g/mol. The predicted molar refractivity (Wildman–Crippen MR) is 97.6 cm³/mol. The Kier molecular flexibility index (Phi) is 7.60. The fourth-order valence-corrected chi connectivity index (χ4v) is 3.04. The van der Waals surface area contributed by atoms with Crippen molar-refractivity contribution in [3.05, 3.63) is 35.9 Å². The summed E-state index contributed by atoms with van der Waals surface area (Å²) in [4.78, 5) is 6.85. The lowest BCUT2D eigenvalue weighted by Gasteiger charge is -2.33. The summed E-state index contributed by atoms with van der Waals surface area (Å²) in [7, 11) is 1.85. The number of likely N-dealkylation sites (tertiary alicyclic amines) is 1. The minimum Gasteiger partial charge on any atom is -0.356 e. The van der Waals surface area contributed by atoms with Gasteiger partial charge in [-0.05, 0) is 24.7 Å². The van der Waals surface area contributed by atoms with E-state index in [0.29, 0.717) is 6.04 Å². The third-order valence-corrected chi connectivity index (χ3v) is 4.61. The van der Waals surface area contributed by atoms with Crippen LogP contribution in [-0.4, -0.2) is 55.6 Å². The molecule has 1 saturated heterocycles. The van der Waals surface area contributed by atoms with Crippen molar-refractivity contribution in [1.82, 2.24) is 15.5 Å². The van der Waals surface area contributed by atoms with Crippen LogP contribution < -0.4 is 10.6 Å². The molecule has 1 aromatic rings. The predicted octanol–water partition coefficient (Wildman–Crippen LogP) is 2.18. The van der Waals surface area contributed by atoms with Crippen molar-refractivity contribution in [2.75, 3.05) is 38.7 Å². The number of benzene rings is 1. The van der Waals surface area contributed by atoms with Crippen molar-refractivity contribution in [3.63, 3.8) is 0 Å². The number of guanidine groups is 1.